The van der Waals surface area contributed by atoms with Crippen molar-refractivity contribution in [3.63, 3.8) is 0 Å². The van der Waals surface area contributed by atoms with Gasteiger partial charge in [-0.2, -0.15) is 0 Å². The number of hydrogen-bond acceptors (Lipinski definition) is 3. The van der Waals surface area contributed by atoms with Crippen molar-refractivity contribution in [3.8, 4) is 0 Å². The summed E-state index contributed by atoms with van der Waals surface area (Å²) in [6.45, 7) is 5.60. The van der Waals surface area contributed by atoms with E-state index in [1.807, 2.05) is 12.1 Å². The zero-order valence-corrected chi connectivity index (χ0v) is 11.7. The summed E-state index contributed by atoms with van der Waals surface area (Å²) in [7, 11) is 2.07. The molecule has 4 nitrogen and oxygen atoms in total. The van der Waals surface area contributed by atoms with E-state index >= 15 is 0 Å². The number of nitrogens with zero attached hydrogens (tertiary/aromatic N) is 3. The fourth-order valence-electron chi connectivity index (χ4n) is 3.10. The predicted molar refractivity (Wildman–Crippen MR) is 77.1 cm³/mol. The Morgan fingerprint density at radius 3 is 3.05 bits per heavy atom. The topological polar surface area (TPSA) is 32.6 Å². The molecule has 0 saturated carbocycles. The Bertz CT molecular complexity index is 515. The molecule has 0 aromatic carbocycles. The summed E-state index contributed by atoms with van der Waals surface area (Å²) >= 11 is 0. The van der Waals surface area contributed by atoms with Crippen LogP contribution in [0.3, 0.4) is 0 Å². The predicted octanol–water partition coefficient (Wildman–Crippen LogP) is 1.76. The van der Waals surface area contributed by atoms with E-state index in [-0.39, 0.29) is 0 Å². The van der Waals surface area contributed by atoms with Crippen molar-refractivity contribution in [1.29, 1.82) is 0 Å². The van der Waals surface area contributed by atoms with E-state index in [2.05, 4.69) is 52.0 Å². The maximum Gasteiger partial charge on any atom is 0.137 e. The molecule has 3 rings (SSSR count). The third-order valence-electron chi connectivity index (χ3n) is 4.16. The van der Waals surface area contributed by atoms with Crippen LogP contribution in [-0.4, -0.2) is 40.5 Å². The number of hydrogen-bond donors (Lipinski definition) is 1. The van der Waals surface area contributed by atoms with Crippen LogP contribution in [0.25, 0.3) is 5.65 Å². The van der Waals surface area contributed by atoms with Crippen molar-refractivity contribution in [1.82, 2.24) is 19.6 Å². The molecule has 0 radical (unpaired) electrons. The Balaban J connectivity index is 1.68. The second-order valence-electron chi connectivity index (χ2n) is 5.59. The summed E-state index contributed by atoms with van der Waals surface area (Å²) in [6, 6.07) is 6.79. The maximum atomic E-state index is 4.68. The molecular formula is C15H22N4. The second kappa shape index (κ2) is 5.31. The highest BCUT2D eigenvalue weighted by molar-refractivity contribution is 5.39. The summed E-state index contributed by atoms with van der Waals surface area (Å²) in [5, 5.41) is 3.41. The number of aromatic nitrogens is 2. The molecule has 0 bridgehead atoms. The molecule has 1 aliphatic heterocycles. The van der Waals surface area contributed by atoms with E-state index in [0.29, 0.717) is 12.0 Å². The molecule has 1 aliphatic rings. The van der Waals surface area contributed by atoms with Gasteiger partial charge in [0.15, 0.2) is 0 Å². The average Bonchev–Trinajstić information content (AvgIpc) is 2.81. The van der Waals surface area contributed by atoms with E-state index in [1.165, 1.54) is 12.1 Å². The first-order valence-electron chi connectivity index (χ1n) is 7.08. The van der Waals surface area contributed by atoms with Crippen molar-refractivity contribution in [2.75, 3.05) is 20.1 Å². The molecule has 2 aromatic rings. The fraction of sp³-hybridized carbons (Fsp3) is 0.533. The van der Waals surface area contributed by atoms with E-state index in [0.717, 1.165) is 25.3 Å². The van der Waals surface area contributed by atoms with Gasteiger partial charge in [-0.3, -0.25) is 4.90 Å². The van der Waals surface area contributed by atoms with Crippen LogP contribution in [-0.2, 0) is 6.54 Å². The van der Waals surface area contributed by atoms with Crippen LogP contribution in [0.1, 0.15) is 19.0 Å². The summed E-state index contributed by atoms with van der Waals surface area (Å²) in [5.41, 5.74) is 2.21. The molecule has 1 saturated heterocycles. The van der Waals surface area contributed by atoms with Crippen molar-refractivity contribution in [3.05, 3.63) is 36.3 Å². The highest BCUT2D eigenvalue weighted by Crippen LogP contribution is 2.18. The molecule has 1 N–H and O–H groups in total. The lowest BCUT2D eigenvalue weighted by atomic mass is 9.94. The molecule has 2 aromatic heterocycles. The number of pyridine rings is 1. The molecule has 19 heavy (non-hydrogen) atoms. The van der Waals surface area contributed by atoms with Crippen LogP contribution in [0.4, 0.5) is 0 Å². The maximum absolute atomic E-state index is 4.68. The molecule has 0 aliphatic carbocycles. The Labute approximate surface area is 114 Å². The quantitative estimate of drug-likeness (QED) is 0.910. The van der Waals surface area contributed by atoms with E-state index in [1.54, 1.807) is 0 Å². The molecule has 2 unspecified atom stereocenters. The largest absolute Gasteiger partial charge is 0.317 e. The molecule has 0 amide bonds. The van der Waals surface area contributed by atoms with Gasteiger partial charge < -0.3 is 9.72 Å². The van der Waals surface area contributed by atoms with Gasteiger partial charge >= 0.3 is 0 Å². The second-order valence-corrected chi connectivity index (χ2v) is 5.59. The minimum absolute atomic E-state index is 0.664. The molecule has 3 heterocycles. The summed E-state index contributed by atoms with van der Waals surface area (Å²) in [6.07, 6.45) is 5.43. The average molecular weight is 258 g/mol. The zero-order chi connectivity index (χ0) is 13.2. The zero-order valence-electron chi connectivity index (χ0n) is 11.7. The molecule has 1 fully saturated rings. The number of likely N-dealkylation sites (tertiary alicyclic amines) is 1. The molecule has 0 spiro atoms. The van der Waals surface area contributed by atoms with E-state index in [4.69, 9.17) is 0 Å². The van der Waals surface area contributed by atoms with Crippen LogP contribution < -0.4 is 5.32 Å². The van der Waals surface area contributed by atoms with Gasteiger partial charge in [-0.15, -0.1) is 0 Å². The van der Waals surface area contributed by atoms with Gasteiger partial charge in [0, 0.05) is 38.1 Å². The van der Waals surface area contributed by atoms with Crippen LogP contribution in [0, 0.1) is 5.92 Å². The van der Waals surface area contributed by atoms with Gasteiger partial charge in [-0.1, -0.05) is 13.0 Å². The highest BCUT2D eigenvalue weighted by atomic mass is 15.2. The van der Waals surface area contributed by atoms with Crippen molar-refractivity contribution in [2.45, 2.75) is 25.9 Å². The molecular weight excluding hydrogens is 236 g/mol. The fourth-order valence-corrected chi connectivity index (χ4v) is 3.10. The van der Waals surface area contributed by atoms with Crippen LogP contribution in [0.15, 0.2) is 30.6 Å². The third-order valence-corrected chi connectivity index (χ3v) is 4.16. The van der Waals surface area contributed by atoms with Crippen LogP contribution >= 0.6 is 0 Å². The van der Waals surface area contributed by atoms with Gasteiger partial charge in [0.05, 0.1) is 5.69 Å². The monoisotopic (exact) mass is 258 g/mol. The lowest BCUT2D eigenvalue weighted by molar-refractivity contribution is 0.144. The van der Waals surface area contributed by atoms with Crippen LogP contribution in [0.2, 0.25) is 0 Å². The summed E-state index contributed by atoms with van der Waals surface area (Å²) in [5.74, 6) is 0.704. The van der Waals surface area contributed by atoms with Gasteiger partial charge in [0.25, 0.3) is 0 Å². The van der Waals surface area contributed by atoms with Gasteiger partial charge in [-0.05, 0) is 31.5 Å². The first kappa shape index (κ1) is 12.6. The molecule has 4 heteroatoms. The summed E-state index contributed by atoms with van der Waals surface area (Å²) in [4.78, 5) is 7.19. The van der Waals surface area contributed by atoms with Crippen LogP contribution in [0.5, 0.6) is 0 Å². The minimum Gasteiger partial charge on any atom is -0.317 e. The summed E-state index contributed by atoms with van der Waals surface area (Å²) < 4.78 is 2.10. The SMILES string of the molecule is CNC1CCN(Cc2cn3ccccc3n2)CC1C. The first-order chi connectivity index (χ1) is 9.26. The third kappa shape index (κ3) is 2.65. The Morgan fingerprint density at radius 2 is 2.32 bits per heavy atom. The first-order valence-corrected chi connectivity index (χ1v) is 7.08. The Kier molecular flexibility index (Phi) is 3.53. The van der Waals surface area contributed by atoms with Gasteiger partial charge in [-0.25, -0.2) is 4.98 Å². The van der Waals surface area contributed by atoms with Crippen molar-refractivity contribution in [2.24, 2.45) is 5.92 Å². The molecule has 102 valence electrons. The van der Waals surface area contributed by atoms with Crippen molar-refractivity contribution >= 4 is 5.65 Å². The van der Waals surface area contributed by atoms with E-state index < -0.39 is 0 Å². The highest BCUT2D eigenvalue weighted by Gasteiger charge is 2.24. The lowest BCUT2D eigenvalue weighted by Gasteiger charge is -2.36. The standard InChI is InChI=1S/C15H22N4/c1-12-9-18(8-6-14(12)16-2)10-13-11-19-7-4-3-5-15(19)17-13/h3-5,7,11-12,14,16H,6,8-10H2,1-2H3. The van der Waals surface area contributed by atoms with Crippen molar-refractivity contribution < 1.29 is 0 Å². The Morgan fingerprint density at radius 1 is 1.42 bits per heavy atom. The number of fused-ring (bicyclic) bond motifs is 1. The van der Waals surface area contributed by atoms with E-state index in [9.17, 15) is 0 Å². The van der Waals surface area contributed by atoms with Gasteiger partial charge in [0.2, 0.25) is 0 Å². The number of nitrogens with one attached hydrogen (secondary N) is 1. The number of rotatable bonds is 3. The lowest BCUT2D eigenvalue weighted by Crippen LogP contribution is -2.46. The number of piperidine rings is 1. The normalized spacial score (nSPS) is 24.9. The van der Waals surface area contributed by atoms with Gasteiger partial charge in [0.1, 0.15) is 5.65 Å². The Hall–Kier alpha value is -1.39. The smallest absolute Gasteiger partial charge is 0.137 e. The number of imidazole rings is 1. The molecule has 2 atom stereocenters. The minimum atomic E-state index is 0.664.